The third-order valence-corrected chi connectivity index (χ3v) is 8.82. The number of benzene rings is 2. The number of aromatic nitrogens is 2. The molecule has 3 heterocycles. The summed E-state index contributed by atoms with van der Waals surface area (Å²) in [7, 11) is -3.10. The van der Waals surface area contributed by atoms with Crippen LogP contribution in [0.4, 0.5) is 0 Å². The minimum absolute atomic E-state index is 0.0336. The number of imidazole rings is 1. The van der Waals surface area contributed by atoms with Crippen LogP contribution in [0.25, 0.3) is 11.0 Å². The van der Waals surface area contributed by atoms with E-state index in [2.05, 4.69) is 9.88 Å². The second-order valence-electron chi connectivity index (χ2n) is 9.39. The normalized spacial score (nSPS) is 21.1. The number of amides is 1. The standard InChI is InChI=1S/C25H30N4O4S/c30-24(28(16-19-6-2-1-3-7-19)21-12-15-34(32,33)18-21)17-27-13-10-20(11-14-27)29-23-9-5-4-8-22(23)26-25(29)31/h1-9,20-21H,10-18H2,(H,26,31)/t21-/m1/s1. The monoisotopic (exact) mass is 482 g/mol. The minimum Gasteiger partial charge on any atom is -0.333 e. The van der Waals surface area contributed by atoms with E-state index < -0.39 is 9.84 Å². The average molecular weight is 483 g/mol. The van der Waals surface area contributed by atoms with E-state index in [4.69, 9.17) is 0 Å². The Morgan fingerprint density at radius 3 is 2.41 bits per heavy atom. The van der Waals surface area contributed by atoms with Crippen LogP contribution in [0.3, 0.4) is 0 Å². The van der Waals surface area contributed by atoms with Gasteiger partial charge in [0.2, 0.25) is 5.91 Å². The number of nitrogens with one attached hydrogen (secondary N) is 1. The maximum absolute atomic E-state index is 13.4. The highest BCUT2D eigenvalue weighted by atomic mass is 32.2. The van der Waals surface area contributed by atoms with E-state index in [0.29, 0.717) is 26.1 Å². The van der Waals surface area contributed by atoms with Crippen molar-refractivity contribution in [3.8, 4) is 0 Å². The molecule has 1 aromatic heterocycles. The number of hydrogen-bond donors (Lipinski definition) is 1. The van der Waals surface area contributed by atoms with Gasteiger partial charge in [0.1, 0.15) is 0 Å². The molecular formula is C25H30N4O4S. The zero-order chi connectivity index (χ0) is 23.7. The van der Waals surface area contributed by atoms with Crippen LogP contribution >= 0.6 is 0 Å². The predicted molar refractivity (Wildman–Crippen MR) is 131 cm³/mol. The molecule has 2 saturated heterocycles. The zero-order valence-electron chi connectivity index (χ0n) is 19.1. The summed E-state index contributed by atoms with van der Waals surface area (Å²) in [6, 6.07) is 17.3. The van der Waals surface area contributed by atoms with E-state index in [-0.39, 0.29) is 41.7 Å². The van der Waals surface area contributed by atoms with Gasteiger partial charge in [0.15, 0.2) is 9.84 Å². The molecule has 34 heavy (non-hydrogen) atoms. The summed E-state index contributed by atoms with van der Waals surface area (Å²) in [6.45, 7) is 2.11. The van der Waals surface area contributed by atoms with Crippen molar-refractivity contribution in [2.75, 3.05) is 31.1 Å². The summed E-state index contributed by atoms with van der Waals surface area (Å²) in [4.78, 5) is 32.7. The summed E-state index contributed by atoms with van der Waals surface area (Å²) >= 11 is 0. The van der Waals surface area contributed by atoms with E-state index in [9.17, 15) is 18.0 Å². The summed E-state index contributed by atoms with van der Waals surface area (Å²) in [5.41, 5.74) is 2.66. The molecule has 0 unspecified atom stereocenters. The molecule has 0 radical (unpaired) electrons. The van der Waals surface area contributed by atoms with Gasteiger partial charge in [-0.15, -0.1) is 0 Å². The summed E-state index contributed by atoms with van der Waals surface area (Å²) in [6.07, 6.45) is 2.06. The Balaban J connectivity index is 1.26. The van der Waals surface area contributed by atoms with Crippen LogP contribution in [-0.4, -0.2) is 70.9 Å². The molecule has 0 aliphatic carbocycles. The minimum atomic E-state index is -3.10. The van der Waals surface area contributed by atoms with Crippen LogP contribution in [0.1, 0.15) is 30.9 Å². The van der Waals surface area contributed by atoms with Crippen molar-refractivity contribution in [1.82, 2.24) is 19.4 Å². The summed E-state index contributed by atoms with van der Waals surface area (Å²) in [5.74, 6) is 0.145. The molecule has 2 aromatic carbocycles. The molecule has 0 saturated carbocycles. The number of H-pyrrole nitrogens is 1. The Morgan fingerprint density at radius 2 is 1.71 bits per heavy atom. The van der Waals surface area contributed by atoms with Gasteiger partial charge in [0.05, 0.1) is 29.1 Å². The second kappa shape index (κ2) is 9.38. The van der Waals surface area contributed by atoms with Gasteiger partial charge < -0.3 is 9.88 Å². The van der Waals surface area contributed by atoms with Crippen LogP contribution in [0.2, 0.25) is 0 Å². The number of piperidine rings is 1. The SMILES string of the molecule is O=C(CN1CCC(n2c(=O)[nH]c3ccccc32)CC1)N(Cc1ccccc1)[C@@H]1CCS(=O)(=O)C1. The molecule has 0 spiro atoms. The molecule has 1 N–H and O–H groups in total. The maximum Gasteiger partial charge on any atom is 0.326 e. The number of likely N-dealkylation sites (tertiary alicyclic amines) is 1. The van der Waals surface area contributed by atoms with Crippen LogP contribution in [0, 0.1) is 0 Å². The lowest BCUT2D eigenvalue weighted by atomic mass is 10.0. The first kappa shape index (κ1) is 22.9. The van der Waals surface area contributed by atoms with E-state index in [1.165, 1.54) is 0 Å². The Morgan fingerprint density at radius 1 is 1.00 bits per heavy atom. The molecule has 2 aliphatic heterocycles. The van der Waals surface area contributed by atoms with E-state index in [1.54, 1.807) is 4.90 Å². The van der Waals surface area contributed by atoms with Gasteiger partial charge in [-0.25, -0.2) is 13.2 Å². The van der Waals surface area contributed by atoms with Crippen LogP contribution in [-0.2, 0) is 21.2 Å². The summed E-state index contributed by atoms with van der Waals surface area (Å²) < 4.78 is 26.0. The Labute approximate surface area is 199 Å². The first-order chi connectivity index (χ1) is 16.4. The van der Waals surface area contributed by atoms with Gasteiger partial charge >= 0.3 is 5.69 Å². The lowest BCUT2D eigenvalue weighted by molar-refractivity contribution is -0.135. The van der Waals surface area contributed by atoms with Gasteiger partial charge in [-0.05, 0) is 37.0 Å². The van der Waals surface area contributed by atoms with Crippen molar-refractivity contribution in [1.29, 1.82) is 0 Å². The third kappa shape index (κ3) is 4.81. The number of rotatable bonds is 6. The first-order valence-corrected chi connectivity index (χ1v) is 13.7. The number of hydrogen-bond acceptors (Lipinski definition) is 5. The fraction of sp³-hybridized carbons (Fsp3) is 0.440. The molecule has 1 atom stereocenters. The van der Waals surface area contributed by atoms with E-state index in [0.717, 1.165) is 29.4 Å². The van der Waals surface area contributed by atoms with E-state index in [1.807, 2.05) is 59.2 Å². The number of aromatic amines is 1. The van der Waals surface area contributed by atoms with Crippen molar-refractivity contribution >= 4 is 26.8 Å². The molecule has 8 nitrogen and oxygen atoms in total. The molecule has 5 rings (SSSR count). The number of carbonyl (C=O) groups excluding carboxylic acids is 1. The number of carbonyl (C=O) groups is 1. The fourth-order valence-electron chi connectivity index (χ4n) is 5.28. The molecule has 3 aromatic rings. The van der Waals surface area contributed by atoms with Crippen molar-refractivity contribution in [3.05, 3.63) is 70.6 Å². The molecule has 9 heteroatoms. The van der Waals surface area contributed by atoms with Gasteiger partial charge in [0.25, 0.3) is 0 Å². The van der Waals surface area contributed by atoms with Gasteiger partial charge in [-0.3, -0.25) is 14.3 Å². The van der Waals surface area contributed by atoms with Crippen molar-refractivity contribution in [2.24, 2.45) is 0 Å². The van der Waals surface area contributed by atoms with Crippen LogP contribution in [0.5, 0.6) is 0 Å². The number of nitrogens with zero attached hydrogens (tertiary/aromatic N) is 3. The van der Waals surface area contributed by atoms with Crippen molar-refractivity contribution in [2.45, 2.75) is 37.9 Å². The molecule has 2 fully saturated rings. The Hall–Kier alpha value is -2.91. The second-order valence-corrected chi connectivity index (χ2v) is 11.6. The lowest BCUT2D eigenvalue weighted by Crippen LogP contribution is -2.47. The van der Waals surface area contributed by atoms with Crippen molar-refractivity contribution < 1.29 is 13.2 Å². The van der Waals surface area contributed by atoms with Gasteiger partial charge in [0, 0.05) is 31.7 Å². The van der Waals surface area contributed by atoms with Gasteiger partial charge in [-0.1, -0.05) is 42.5 Å². The molecule has 1 amide bonds. The largest absolute Gasteiger partial charge is 0.333 e. The zero-order valence-corrected chi connectivity index (χ0v) is 19.9. The van der Waals surface area contributed by atoms with Crippen molar-refractivity contribution in [3.63, 3.8) is 0 Å². The molecule has 2 aliphatic rings. The predicted octanol–water partition coefficient (Wildman–Crippen LogP) is 2.18. The number of para-hydroxylation sites is 2. The van der Waals surface area contributed by atoms with Crippen LogP contribution in [0.15, 0.2) is 59.4 Å². The smallest absolute Gasteiger partial charge is 0.326 e. The topological polar surface area (TPSA) is 95.5 Å². The van der Waals surface area contributed by atoms with E-state index >= 15 is 0 Å². The molecule has 180 valence electrons. The first-order valence-electron chi connectivity index (χ1n) is 11.8. The highest BCUT2D eigenvalue weighted by Crippen LogP contribution is 2.26. The Kier molecular flexibility index (Phi) is 6.31. The highest BCUT2D eigenvalue weighted by molar-refractivity contribution is 7.91. The Bertz CT molecular complexity index is 1320. The molecular weight excluding hydrogens is 452 g/mol. The lowest BCUT2D eigenvalue weighted by Gasteiger charge is -2.35. The van der Waals surface area contributed by atoms with Gasteiger partial charge in [-0.2, -0.15) is 0 Å². The molecule has 0 bridgehead atoms. The maximum atomic E-state index is 13.4. The fourth-order valence-corrected chi connectivity index (χ4v) is 7.01. The number of fused-ring (bicyclic) bond motifs is 1. The summed E-state index contributed by atoms with van der Waals surface area (Å²) in [5, 5.41) is 0. The highest BCUT2D eigenvalue weighted by Gasteiger charge is 2.35. The quantitative estimate of drug-likeness (QED) is 0.581. The number of sulfone groups is 1. The third-order valence-electron chi connectivity index (χ3n) is 7.07. The average Bonchev–Trinajstić information content (AvgIpc) is 3.36. The van der Waals surface area contributed by atoms with Crippen LogP contribution < -0.4 is 5.69 Å².